The molecule has 0 amide bonds. The fourth-order valence-corrected chi connectivity index (χ4v) is 1.40. The van der Waals surface area contributed by atoms with Crippen LogP contribution < -0.4 is 9.47 Å². The topological polar surface area (TPSA) is 35.5 Å². The molecule has 0 bridgehead atoms. The van der Waals surface area contributed by atoms with Crippen LogP contribution in [-0.2, 0) is 0 Å². The van der Waals surface area contributed by atoms with Gasteiger partial charge in [0.1, 0.15) is 11.5 Å². The minimum absolute atomic E-state index is 0.393. The molecular weight excluding hydrogens is 216 g/mol. The molecule has 3 nitrogen and oxygen atoms in total. The van der Waals surface area contributed by atoms with Crippen LogP contribution in [0.3, 0.4) is 0 Å². The monoisotopic (exact) mass is 228 g/mol. The van der Waals surface area contributed by atoms with Gasteiger partial charge in [0.05, 0.1) is 12.7 Å². The Labute approximate surface area is 99.6 Å². The number of carbonyl (C=O) groups is 1. The highest BCUT2D eigenvalue weighted by molar-refractivity contribution is 5.91. The molecule has 0 fully saturated rings. The van der Waals surface area contributed by atoms with Gasteiger partial charge in [0.25, 0.3) is 0 Å². The predicted molar refractivity (Wildman–Crippen MR) is 64.4 cm³/mol. The Morgan fingerprint density at radius 3 is 2.35 bits per heavy atom. The van der Waals surface area contributed by atoms with Gasteiger partial charge in [-0.3, -0.25) is 0 Å². The third-order valence-electron chi connectivity index (χ3n) is 2.26. The van der Waals surface area contributed by atoms with Crippen molar-refractivity contribution >= 4 is 5.97 Å². The Hall–Kier alpha value is -2.29. The van der Waals surface area contributed by atoms with Crippen molar-refractivity contribution in [1.29, 1.82) is 0 Å². The number of carbonyl (C=O) groups excluding carboxylic acids is 1. The summed E-state index contributed by atoms with van der Waals surface area (Å²) in [5.74, 6) is 0.767. The number of para-hydroxylation sites is 1. The van der Waals surface area contributed by atoms with Crippen molar-refractivity contribution < 1.29 is 14.3 Å². The molecule has 0 saturated heterocycles. The van der Waals surface area contributed by atoms with Crippen LogP contribution in [0.15, 0.2) is 54.6 Å². The summed E-state index contributed by atoms with van der Waals surface area (Å²) in [6.07, 6.45) is 0. The van der Waals surface area contributed by atoms with Gasteiger partial charge < -0.3 is 9.47 Å². The zero-order valence-corrected chi connectivity index (χ0v) is 9.42. The van der Waals surface area contributed by atoms with Crippen molar-refractivity contribution in [2.75, 3.05) is 7.11 Å². The van der Waals surface area contributed by atoms with Crippen LogP contribution in [0, 0.1) is 0 Å². The zero-order chi connectivity index (χ0) is 12.1. The molecule has 0 radical (unpaired) electrons. The van der Waals surface area contributed by atoms with Gasteiger partial charge in [0.2, 0.25) is 0 Å². The maximum atomic E-state index is 11.8. The average Bonchev–Trinajstić information content (AvgIpc) is 2.40. The molecular formula is C14H12O3. The molecule has 0 aliphatic carbocycles. The Bertz CT molecular complexity index is 506. The Balaban J connectivity index is 2.14. The minimum Gasteiger partial charge on any atom is -0.497 e. The molecule has 0 unspecified atom stereocenters. The van der Waals surface area contributed by atoms with Gasteiger partial charge in [0.15, 0.2) is 0 Å². The fourth-order valence-electron chi connectivity index (χ4n) is 1.40. The van der Waals surface area contributed by atoms with Crippen LogP contribution in [0.2, 0.25) is 0 Å². The molecule has 2 aromatic rings. The number of methoxy groups -OCH3 is 1. The van der Waals surface area contributed by atoms with Gasteiger partial charge in [-0.05, 0) is 30.3 Å². The van der Waals surface area contributed by atoms with E-state index >= 15 is 0 Å². The number of esters is 1. The van der Waals surface area contributed by atoms with Crippen molar-refractivity contribution in [3.05, 3.63) is 60.2 Å². The lowest BCUT2D eigenvalue weighted by Gasteiger charge is -2.05. The molecule has 0 aliphatic rings. The second-order valence-corrected chi connectivity index (χ2v) is 3.43. The second kappa shape index (κ2) is 5.16. The third-order valence-corrected chi connectivity index (χ3v) is 2.26. The fraction of sp³-hybridized carbons (Fsp3) is 0.0714. The van der Waals surface area contributed by atoms with Crippen LogP contribution >= 0.6 is 0 Å². The van der Waals surface area contributed by atoms with E-state index in [2.05, 4.69) is 0 Å². The first-order chi connectivity index (χ1) is 8.29. The van der Waals surface area contributed by atoms with E-state index in [1.54, 1.807) is 43.5 Å². The first kappa shape index (κ1) is 11.2. The molecule has 0 aliphatic heterocycles. The van der Waals surface area contributed by atoms with E-state index in [4.69, 9.17) is 9.47 Å². The number of hydrogen-bond donors (Lipinski definition) is 0. The lowest BCUT2D eigenvalue weighted by atomic mass is 10.2. The average molecular weight is 228 g/mol. The largest absolute Gasteiger partial charge is 0.497 e. The summed E-state index contributed by atoms with van der Waals surface area (Å²) < 4.78 is 10.3. The summed E-state index contributed by atoms with van der Waals surface area (Å²) in [4.78, 5) is 11.8. The highest BCUT2D eigenvalue weighted by Crippen LogP contribution is 2.15. The second-order valence-electron chi connectivity index (χ2n) is 3.43. The SMILES string of the molecule is COc1cccc(C(=O)Oc2ccccc2)c1. The number of hydrogen-bond acceptors (Lipinski definition) is 3. The quantitative estimate of drug-likeness (QED) is 0.598. The summed E-state index contributed by atoms with van der Waals surface area (Å²) in [6, 6.07) is 15.8. The van der Waals surface area contributed by atoms with E-state index in [0.29, 0.717) is 17.1 Å². The maximum Gasteiger partial charge on any atom is 0.343 e. The van der Waals surface area contributed by atoms with Crippen LogP contribution in [0.1, 0.15) is 10.4 Å². The van der Waals surface area contributed by atoms with E-state index in [1.807, 2.05) is 18.2 Å². The first-order valence-corrected chi connectivity index (χ1v) is 5.21. The van der Waals surface area contributed by atoms with Gasteiger partial charge in [-0.2, -0.15) is 0 Å². The third kappa shape index (κ3) is 2.84. The molecule has 2 aromatic carbocycles. The van der Waals surface area contributed by atoms with E-state index in [9.17, 15) is 4.79 Å². The van der Waals surface area contributed by atoms with Crippen molar-refractivity contribution in [1.82, 2.24) is 0 Å². The van der Waals surface area contributed by atoms with E-state index in [-0.39, 0.29) is 0 Å². The number of rotatable bonds is 3. The summed E-state index contributed by atoms with van der Waals surface area (Å²) in [5.41, 5.74) is 0.466. The molecule has 0 N–H and O–H groups in total. The Morgan fingerprint density at radius 1 is 0.941 bits per heavy atom. The van der Waals surface area contributed by atoms with Gasteiger partial charge in [-0.15, -0.1) is 0 Å². The molecule has 3 heteroatoms. The van der Waals surface area contributed by atoms with Gasteiger partial charge in [-0.25, -0.2) is 4.79 Å². The molecule has 17 heavy (non-hydrogen) atoms. The standard InChI is InChI=1S/C14H12O3/c1-16-13-9-5-6-11(10-13)14(15)17-12-7-3-2-4-8-12/h2-10H,1H3. The maximum absolute atomic E-state index is 11.8. The summed E-state index contributed by atoms with van der Waals surface area (Å²) >= 11 is 0. The van der Waals surface area contributed by atoms with Crippen LogP contribution in [-0.4, -0.2) is 13.1 Å². The van der Waals surface area contributed by atoms with Gasteiger partial charge in [0, 0.05) is 0 Å². The van der Waals surface area contributed by atoms with Crippen LogP contribution in [0.4, 0.5) is 0 Å². The van der Waals surface area contributed by atoms with Crippen molar-refractivity contribution in [3.8, 4) is 11.5 Å². The van der Waals surface area contributed by atoms with Crippen LogP contribution in [0.25, 0.3) is 0 Å². The summed E-state index contributed by atoms with van der Waals surface area (Å²) in [6.45, 7) is 0. The van der Waals surface area contributed by atoms with E-state index in [0.717, 1.165) is 0 Å². The van der Waals surface area contributed by atoms with Crippen LogP contribution in [0.5, 0.6) is 11.5 Å². The molecule has 0 aromatic heterocycles. The number of ether oxygens (including phenoxy) is 2. The van der Waals surface area contributed by atoms with E-state index in [1.165, 1.54) is 0 Å². The lowest BCUT2D eigenvalue weighted by Crippen LogP contribution is -2.08. The molecule has 0 spiro atoms. The summed E-state index contributed by atoms with van der Waals surface area (Å²) in [7, 11) is 1.56. The van der Waals surface area contributed by atoms with Gasteiger partial charge >= 0.3 is 5.97 Å². The van der Waals surface area contributed by atoms with E-state index < -0.39 is 5.97 Å². The molecule has 0 heterocycles. The molecule has 0 saturated carbocycles. The molecule has 0 atom stereocenters. The van der Waals surface area contributed by atoms with Crippen molar-refractivity contribution in [2.45, 2.75) is 0 Å². The lowest BCUT2D eigenvalue weighted by molar-refractivity contribution is 0.0734. The Morgan fingerprint density at radius 2 is 1.65 bits per heavy atom. The summed E-state index contributed by atoms with van der Waals surface area (Å²) in [5, 5.41) is 0. The smallest absolute Gasteiger partial charge is 0.343 e. The first-order valence-electron chi connectivity index (χ1n) is 5.21. The highest BCUT2D eigenvalue weighted by atomic mass is 16.5. The van der Waals surface area contributed by atoms with Crippen molar-refractivity contribution in [2.24, 2.45) is 0 Å². The minimum atomic E-state index is -0.393. The zero-order valence-electron chi connectivity index (χ0n) is 9.42. The normalized spacial score (nSPS) is 9.71. The highest BCUT2D eigenvalue weighted by Gasteiger charge is 2.08. The Kier molecular flexibility index (Phi) is 3.40. The predicted octanol–water partition coefficient (Wildman–Crippen LogP) is 2.91. The van der Waals surface area contributed by atoms with Gasteiger partial charge in [-0.1, -0.05) is 24.3 Å². The molecule has 86 valence electrons. The molecule has 2 rings (SSSR count). The van der Waals surface area contributed by atoms with Crippen molar-refractivity contribution in [3.63, 3.8) is 0 Å². The number of benzene rings is 2.